The minimum atomic E-state index is -0.0940. The van der Waals surface area contributed by atoms with Crippen molar-refractivity contribution >= 4 is 12.2 Å². The van der Waals surface area contributed by atoms with Crippen LogP contribution in [0.25, 0.3) is 12.2 Å². The molecule has 4 nitrogen and oxygen atoms in total. The highest BCUT2D eigenvalue weighted by Gasteiger charge is 2.10. The average molecular weight is 272 g/mol. The number of phenolic OH excluding ortho intramolecular Hbond substituents is 2. The monoisotopic (exact) mass is 272 g/mol. The summed E-state index contributed by atoms with van der Waals surface area (Å²) in [5.41, 5.74) is 1.50. The van der Waals surface area contributed by atoms with E-state index in [1.54, 1.807) is 19.3 Å². The lowest BCUT2D eigenvalue weighted by molar-refractivity contribution is 0.344. The summed E-state index contributed by atoms with van der Waals surface area (Å²) in [6, 6.07) is 10.6. The van der Waals surface area contributed by atoms with Gasteiger partial charge in [-0.15, -0.1) is 0 Å². The second-order valence-corrected chi connectivity index (χ2v) is 4.17. The van der Waals surface area contributed by atoms with E-state index in [0.29, 0.717) is 5.56 Å². The van der Waals surface area contributed by atoms with E-state index < -0.39 is 0 Å². The maximum Gasteiger partial charge on any atom is 0.203 e. The van der Waals surface area contributed by atoms with Crippen molar-refractivity contribution in [1.29, 1.82) is 0 Å². The van der Waals surface area contributed by atoms with Crippen LogP contribution < -0.4 is 9.47 Å². The fraction of sp³-hybridized carbons (Fsp3) is 0.125. The molecule has 0 saturated carbocycles. The molecule has 104 valence electrons. The summed E-state index contributed by atoms with van der Waals surface area (Å²) in [6.07, 6.45) is 3.58. The number of ether oxygens (including phenoxy) is 2. The van der Waals surface area contributed by atoms with Crippen molar-refractivity contribution in [2.24, 2.45) is 0 Å². The van der Waals surface area contributed by atoms with E-state index in [1.165, 1.54) is 13.2 Å². The van der Waals surface area contributed by atoms with Crippen molar-refractivity contribution in [2.75, 3.05) is 14.2 Å². The Balaban J connectivity index is 2.31. The molecule has 0 bridgehead atoms. The summed E-state index contributed by atoms with van der Waals surface area (Å²) in [6.45, 7) is 0. The van der Waals surface area contributed by atoms with Gasteiger partial charge in [-0.1, -0.05) is 24.3 Å². The molecule has 2 aromatic carbocycles. The number of methoxy groups -OCH3 is 2. The van der Waals surface area contributed by atoms with Gasteiger partial charge in [0, 0.05) is 5.56 Å². The zero-order valence-corrected chi connectivity index (χ0v) is 11.3. The second-order valence-electron chi connectivity index (χ2n) is 4.17. The van der Waals surface area contributed by atoms with Crippen LogP contribution in [-0.4, -0.2) is 24.4 Å². The standard InChI is InChI=1S/C16H16O4/c1-19-13-5-3-4-11(10-13)6-7-12-8-9-14(17)16(20-2)15(12)18/h3-10,17-18H,1-2H3. The molecule has 0 unspecified atom stereocenters. The van der Waals surface area contributed by atoms with Gasteiger partial charge in [-0.3, -0.25) is 0 Å². The normalized spacial score (nSPS) is 10.7. The molecule has 0 saturated heterocycles. The Labute approximate surface area is 117 Å². The van der Waals surface area contributed by atoms with Gasteiger partial charge in [0.25, 0.3) is 0 Å². The first kappa shape index (κ1) is 13.8. The van der Waals surface area contributed by atoms with Crippen LogP contribution in [-0.2, 0) is 0 Å². The van der Waals surface area contributed by atoms with Gasteiger partial charge in [0.2, 0.25) is 5.75 Å². The Morgan fingerprint density at radius 1 is 0.950 bits per heavy atom. The largest absolute Gasteiger partial charge is 0.504 e. The van der Waals surface area contributed by atoms with E-state index >= 15 is 0 Å². The molecule has 4 heteroatoms. The fourth-order valence-corrected chi connectivity index (χ4v) is 1.84. The number of phenols is 2. The molecular formula is C16H16O4. The Kier molecular flexibility index (Phi) is 4.15. The van der Waals surface area contributed by atoms with Gasteiger partial charge in [0.05, 0.1) is 14.2 Å². The zero-order chi connectivity index (χ0) is 14.5. The molecule has 20 heavy (non-hydrogen) atoms. The molecule has 0 aliphatic carbocycles. The van der Waals surface area contributed by atoms with Crippen molar-refractivity contribution in [2.45, 2.75) is 0 Å². The van der Waals surface area contributed by atoms with Gasteiger partial charge in [-0.25, -0.2) is 0 Å². The fourth-order valence-electron chi connectivity index (χ4n) is 1.84. The summed E-state index contributed by atoms with van der Waals surface area (Å²) in [4.78, 5) is 0. The Morgan fingerprint density at radius 2 is 1.75 bits per heavy atom. The maximum absolute atomic E-state index is 9.99. The average Bonchev–Trinajstić information content (AvgIpc) is 2.47. The second kappa shape index (κ2) is 6.02. The maximum atomic E-state index is 9.99. The van der Waals surface area contributed by atoms with Crippen LogP contribution in [0.5, 0.6) is 23.0 Å². The van der Waals surface area contributed by atoms with E-state index in [2.05, 4.69) is 0 Å². The first-order valence-corrected chi connectivity index (χ1v) is 6.06. The molecule has 0 aliphatic rings. The predicted octanol–water partition coefficient (Wildman–Crippen LogP) is 3.29. The molecule has 0 atom stereocenters. The van der Waals surface area contributed by atoms with Gasteiger partial charge in [0.1, 0.15) is 5.75 Å². The van der Waals surface area contributed by atoms with Crippen LogP contribution in [0.15, 0.2) is 36.4 Å². The molecular weight excluding hydrogens is 256 g/mol. The zero-order valence-electron chi connectivity index (χ0n) is 11.3. The minimum Gasteiger partial charge on any atom is -0.504 e. The highest BCUT2D eigenvalue weighted by Crippen LogP contribution is 2.38. The summed E-state index contributed by atoms with van der Waals surface area (Å²) < 4.78 is 10.1. The number of aromatic hydroxyl groups is 2. The Hall–Kier alpha value is -2.62. The third-order valence-corrected chi connectivity index (χ3v) is 2.90. The molecule has 0 radical (unpaired) electrons. The number of hydrogen-bond acceptors (Lipinski definition) is 4. The molecule has 0 heterocycles. The minimum absolute atomic E-state index is 0.0674. The van der Waals surface area contributed by atoms with Crippen molar-refractivity contribution in [3.63, 3.8) is 0 Å². The lowest BCUT2D eigenvalue weighted by atomic mass is 10.1. The van der Waals surface area contributed by atoms with Crippen LogP contribution >= 0.6 is 0 Å². The Bertz CT molecular complexity index is 632. The van der Waals surface area contributed by atoms with Crippen molar-refractivity contribution in [3.8, 4) is 23.0 Å². The van der Waals surface area contributed by atoms with Gasteiger partial charge >= 0.3 is 0 Å². The smallest absolute Gasteiger partial charge is 0.203 e. The van der Waals surface area contributed by atoms with Crippen LogP contribution in [0.2, 0.25) is 0 Å². The quantitative estimate of drug-likeness (QED) is 0.838. The van der Waals surface area contributed by atoms with Gasteiger partial charge in [0.15, 0.2) is 11.5 Å². The molecule has 0 aromatic heterocycles. The van der Waals surface area contributed by atoms with E-state index in [-0.39, 0.29) is 17.2 Å². The summed E-state index contributed by atoms with van der Waals surface area (Å²) >= 11 is 0. The van der Waals surface area contributed by atoms with Crippen LogP contribution in [0.4, 0.5) is 0 Å². The van der Waals surface area contributed by atoms with Crippen LogP contribution in [0.3, 0.4) is 0 Å². The Morgan fingerprint density at radius 3 is 2.45 bits per heavy atom. The first-order chi connectivity index (χ1) is 9.65. The number of benzene rings is 2. The summed E-state index contributed by atoms with van der Waals surface area (Å²) in [5.74, 6) is 0.646. The predicted molar refractivity (Wildman–Crippen MR) is 78.2 cm³/mol. The van der Waals surface area contributed by atoms with E-state index in [1.807, 2.05) is 30.3 Å². The number of rotatable bonds is 4. The molecule has 0 aliphatic heterocycles. The van der Waals surface area contributed by atoms with Gasteiger partial charge < -0.3 is 19.7 Å². The SMILES string of the molecule is COc1cccc(C=Cc2ccc(O)c(OC)c2O)c1. The highest BCUT2D eigenvalue weighted by molar-refractivity contribution is 5.75. The topological polar surface area (TPSA) is 58.9 Å². The van der Waals surface area contributed by atoms with E-state index in [9.17, 15) is 10.2 Å². The lowest BCUT2D eigenvalue weighted by Gasteiger charge is -2.08. The third-order valence-electron chi connectivity index (χ3n) is 2.90. The summed E-state index contributed by atoms with van der Waals surface area (Å²) in [7, 11) is 3.00. The molecule has 2 rings (SSSR count). The van der Waals surface area contributed by atoms with E-state index in [4.69, 9.17) is 9.47 Å². The molecule has 0 spiro atoms. The van der Waals surface area contributed by atoms with Crippen molar-refractivity contribution < 1.29 is 19.7 Å². The van der Waals surface area contributed by atoms with Crippen molar-refractivity contribution in [3.05, 3.63) is 47.5 Å². The first-order valence-electron chi connectivity index (χ1n) is 6.06. The molecule has 0 fully saturated rings. The van der Waals surface area contributed by atoms with Crippen LogP contribution in [0.1, 0.15) is 11.1 Å². The lowest BCUT2D eigenvalue weighted by Crippen LogP contribution is -1.86. The third kappa shape index (κ3) is 2.85. The van der Waals surface area contributed by atoms with Crippen LogP contribution in [0, 0.1) is 0 Å². The summed E-state index contributed by atoms with van der Waals surface area (Å²) in [5, 5.41) is 19.5. The molecule has 0 amide bonds. The molecule has 2 aromatic rings. The van der Waals surface area contributed by atoms with E-state index in [0.717, 1.165) is 11.3 Å². The van der Waals surface area contributed by atoms with Gasteiger partial charge in [-0.2, -0.15) is 0 Å². The molecule has 2 N–H and O–H groups in total. The van der Waals surface area contributed by atoms with Crippen molar-refractivity contribution in [1.82, 2.24) is 0 Å². The highest BCUT2D eigenvalue weighted by atomic mass is 16.5. The number of hydrogen-bond donors (Lipinski definition) is 2. The van der Waals surface area contributed by atoms with Gasteiger partial charge in [-0.05, 0) is 29.8 Å².